The van der Waals surface area contributed by atoms with Crippen LogP contribution in [0.25, 0.3) is 10.8 Å². The largest absolute Gasteiger partial charge is 0.404 e. The number of nitrogens with two attached hydrogens (primary N) is 1. The monoisotopic (exact) mass is 371 g/mol. The minimum Gasteiger partial charge on any atom is -0.316 e. The van der Waals surface area contributed by atoms with Crippen molar-refractivity contribution in [2.24, 2.45) is 5.73 Å². The molecule has 1 saturated heterocycles. The fourth-order valence-corrected chi connectivity index (χ4v) is 2.76. The number of halogens is 4. The second-order valence-electron chi connectivity index (χ2n) is 6.01. The first kappa shape index (κ1) is 18.4. The summed E-state index contributed by atoms with van der Waals surface area (Å²) in [5.41, 5.74) is 5.97. The quantitative estimate of drug-likeness (QED) is 0.524. The number of anilines is 1. The van der Waals surface area contributed by atoms with Crippen molar-refractivity contribution in [2.75, 3.05) is 5.32 Å². The summed E-state index contributed by atoms with van der Waals surface area (Å²) in [6, 6.07) is 6.49. The fraction of sp³-hybridized carbons (Fsp3) is 0.312. The Kier molecular flexibility index (Phi) is 4.99. The summed E-state index contributed by atoms with van der Waals surface area (Å²) in [4.78, 5) is 12.0. The molecule has 1 aliphatic heterocycles. The lowest BCUT2D eigenvalue weighted by Crippen LogP contribution is -2.69. The number of carbonyl (C=O) groups is 1. The standard InChI is InChI=1S/C16H17F4N5O/c17-10-3-1-9-6-11(4-2-8(9)5-10)22-15(26)25-14-23-12(16(18,19)20)7-13(21)24-14/h1-6,12-14,23-24H,7,21H2,(H2,22,25,26). The summed E-state index contributed by atoms with van der Waals surface area (Å²) < 4.78 is 51.7. The molecule has 6 N–H and O–H groups in total. The van der Waals surface area contributed by atoms with E-state index in [0.717, 1.165) is 0 Å². The summed E-state index contributed by atoms with van der Waals surface area (Å²) >= 11 is 0. The molecule has 140 valence electrons. The van der Waals surface area contributed by atoms with Crippen LogP contribution < -0.4 is 27.0 Å². The number of fused-ring (bicyclic) bond motifs is 1. The number of hydrogen-bond acceptors (Lipinski definition) is 4. The van der Waals surface area contributed by atoms with E-state index in [1.54, 1.807) is 24.3 Å². The number of urea groups is 1. The van der Waals surface area contributed by atoms with Crippen molar-refractivity contribution in [3.05, 3.63) is 42.2 Å². The Bertz CT molecular complexity index is 813. The van der Waals surface area contributed by atoms with E-state index in [2.05, 4.69) is 21.3 Å². The number of carbonyl (C=O) groups excluding carboxylic acids is 1. The van der Waals surface area contributed by atoms with Gasteiger partial charge < -0.3 is 16.4 Å². The number of alkyl halides is 3. The van der Waals surface area contributed by atoms with Gasteiger partial charge in [-0.15, -0.1) is 0 Å². The zero-order valence-electron chi connectivity index (χ0n) is 13.4. The second kappa shape index (κ2) is 7.06. The molecule has 2 amide bonds. The van der Waals surface area contributed by atoms with E-state index < -0.39 is 30.7 Å². The molecule has 1 aliphatic rings. The van der Waals surface area contributed by atoms with Crippen LogP contribution in [0.3, 0.4) is 0 Å². The van der Waals surface area contributed by atoms with Crippen LogP contribution in [0.1, 0.15) is 6.42 Å². The van der Waals surface area contributed by atoms with E-state index in [9.17, 15) is 22.4 Å². The van der Waals surface area contributed by atoms with Crippen LogP contribution in [0.5, 0.6) is 0 Å². The molecule has 2 aromatic carbocycles. The Morgan fingerprint density at radius 2 is 1.81 bits per heavy atom. The third kappa shape index (κ3) is 4.40. The van der Waals surface area contributed by atoms with Gasteiger partial charge in [-0.2, -0.15) is 13.2 Å². The molecule has 6 nitrogen and oxygen atoms in total. The van der Waals surface area contributed by atoms with Gasteiger partial charge in [0.1, 0.15) is 18.1 Å². The third-order valence-corrected chi connectivity index (χ3v) is 3.97. The normalized spacial score (nSPS) is 23.7. The first-order valence-corrected chi connectivity index (χ1v) is 7.82. The van der Waals surface area contributed by atoms with Gasteiger partial charge in [0.2, 0.25) is 0 Å². The maximum Gasteiger partial charge on any atom is 0.404 e. The molecule has 3 rings (SSSR count). The lowest BCUT2D eigenvalue weighted by molar-refractivity contribution is -0.166. The highest BCUT2D eigenvalue weighted by atomic mass is 19.4. The molecule has 1 fully saturated rings. The van der Waals surface area contributed by atoms with E-state index in [-0.39, 0.29) is 12.2 Å². The molecule has 0 aliphatic carbocycles. The van der Waals surface area contributed by atoms with Crippen LogP contribution in [-0.2, 0) is 0 Å². The van der Waals surface area contributed by atoms with Gasteiger partial charge in [0.25, 0.3) is 0 Å². The maximum atomic E-state index is 13.2. The molecule has 10 heteroatoms. The van der Waals surface area contributed by atoms with E-state index in [4.69, 9.17) is 5.73 Å². The molecule has 3 unspecified atom stereocenters. The molecule has 0 saturated carbocycles. The summed E-state index contributed by atoms with van der Waals surface area (Å²) in [6.45, 7) is 0. The summed E-state index contributed by atoms with van der Waals surface area (Å²) in [5.74, 6) is -0.374. The highest BCUT2D eigenvalue weighted by Gasteiger charge is 2.44. The Labute approximate surface area is 146 Å². The predicted molar refractivity (Wildman–Crippen MR) is 88.6 cm³/mol. The van der Waals surface area contributed by atoms with Gasteiger partial charge in [0.05, 0.1) is 6.17 Å². The molecule has 3 atom stereocenters. The lowest BCUT2D eigenvalue weighted by Gasteiger charge is -2.36. The van der Waals surface area contributed by atoms with Crippen molar-refractivity contribution in [2.45, 2.75) is 31.1 Å². The smallest absolute Gasteiger partial charge is 0.316 e. The number of benzene rings is 2. The molecule has 0 spiro atoms. The Balaban J connectivity index is 1.64. The number of hydrogen-bond donors (Lipinski definition) is 5. The molecular formula is C16H17F4N5O. The predicted octanol–water partition coefficient (Wildman–Crippen LogP) is 2.18. The van der Waals surface area contributed by atoms with Crippen LogP contribution in [0, 0.1) is 5.82 Å². The fourth-order valence-electron chi connectivity index (χ4n) is 2.76. The van der Waals surface area contributed by atoms with Gasteiger partial charge in [0.15, 0.2) is 0 Å². The molecule has 2 aromatic rings. The summed E-state index contributed by atoms with van der Waals surface area (Å²) in [5, 5.41) is 11.1. The molecule has 0 radical (unpaired) electrons. The Morgan fingerprint density at radius 1 is 1.12 bits per heavy atom. The van der Waals surface area contributed by atoms with E-state index in [1.807, 2.05) is 0 Å². The zero-order valence-corrected chi connectivity index (χ0v) is 13.4. The molecule has 0 aromatic heterocycles. The van der Waals surface area contributed by atoms with Crippen molar-refractivity contribution in [3.63, 3.8) is 0 Å². The molecule has 0 bridgehead atoms. The summed E-state index contributed by atoms with van der Waals surface area (Å²) in [7, 11) is 0. The van der Waals surface area contributed by atoms with E-state index >= 15 is 0 Å². The zero-order chi connectivity index (χ0) is 18.9. The number of nitrogens with one attached hydrogen (secondary N) is 4. The van der Waals surface area contributed by atoms with Crippen LogP contribution in [0.2, 0.25) is 0 Å². The third-order valence-electron chi connectivity index (χ3n) is 3.97. The maximum absolute atomic E-state index is 13.2. The van der Waals surface area contributed by atoms with Gasteiger partial charge in [-0.05, 0) is 41.5 Å². The first-order valence-electron chi connectivity index (χ1n) is 7.82. The topological polar surface area (TPSA) is 91.2 Å². The van der Waals surface area contributed by atoms with Crippen molar-refractivity contribution >= 4 is 22.5 Å². The van der Waals surface area contributed by atoms with Gasteiger partial charge in [-0.25, -0.2) is 9.18 Å². The van der Waals surface area contributed by atoms with Gasteiger partial charge in [0, 0.05) is 5.69 Å². The van der Waals surface area contributed by atoms with Crippen LogP contribution in [-0.4, -0.2) is 30.7 Å². The second-order valence-corrected chi connectivity index (χ2v) is 6.01. The van der Waals surface area contributed by atoms with Crippen molar-refractivity contribution in [1.29, 1.82) is 0 Å². The number of amides is 2. The molecule has 26 heavy (non-hydrogen) atoms. The SMILES string of the molecule is NC1CC(C(F)(F)F)NC(NC(=O)Nc2ccc3cc(F)ccc3c2)N1. The highest BCUT2D eigenvalue weighted by molar-refractivity contribution is 5.93. The van der Waals surface area contributed by atoms with Crippen molar-refractivity contribution in [3.8, 4) is 0 Å². The van der Waals surface area contributed by atoms with Crippen molar-refractivity contribution < 1.29 is 22.4 Å². The molecular weight excluding hydrogens is 354 g/mol. The summed E-state index contributed by atoms with van der Waals surface area (Å²) in [6.07, 6.45) is -6.86. The molecule has 1 heterocycles. The Morgan fingerprint density at radius 3 is 2.54 bits per heavy atom. The van der Waals surface area contributed by atoms with E-state index in [0.29, 0.717) is 16.5 Å². The average molecular weight is 371 g/mol. The first-order chi connectivity index (χ1) is 12.2. The van der Waals surface area contributed by atoms with Crippen molar-refractivity contribution in [1.82, 2.24) is 16.0 Å². The Hall–Kier alpha value is -2.43. The van der Waals surface area contributed by atoms with Crippen LogP contribution in [0.4, 0.5) is 28.0 Å². The minimum absolute atomic E-state index is 0.343. The van der Waals surface area contributed by atoms with Gasteiger partial charge in [-0.1, -0.05) is 12.1 Å². The number of rotatable bonds is 2. The van der Waals surface area contributed by atoms with Gasteiger partial charge in [-0.3, -0.25) is 10.6 Å². The van der Waals surface area contributed by atoms with Gasteiger partial charge >= 0.3 is 12.2 Å². The average Bonchev–Trinajstić information content (AvgIpc) is 2.53. The van der Waals surface area contributed by atoms with E-state index in [1.165, 1.54) is 12.1 Å². The van der Waals surface area contributed by atoms with Crippen LogP contribution >= 0.6 is 0 Å². The lowest BCUT2D eigenvalue weighted by atomic mass is 10.1. The minimum atomic E-state index is -4.47. The van der Waals surface area contributed by atoms with Crippen LogP contribution in [0.15, 0.2) is 36.4 Å². The highest BCUT2D eigenvalue weighted by Crippen LogP contribution is 2.24.